The fraction of sp³-hybridized carbons (Fsp3) is 0.364. The highest BCUT2D eigenvalue weighted by molar-refractivity contribution is 5.95. The van der Waals surface area contributed by atoms with E-state index >= 15 is 0 Å². The Kier molecular flexibility index (Phi) is 7.11. The zero-order valence-corrected chi connectivity index (χ0v) is 15.2. The lowest BCUT2D eigenvalue weighted by Gasteiger charge is -2.07. The monoisotopic (exact) mass is 294 g/mol. The highest BCUT2D eigenvalue weighted by Crippen LogP contribution is 2.22. The second-order valence-electron chi connectivity index (χ2n) is 5.15. The third-order valence-electron chi connectivity index (χ3n) is 3.82. The van der Waals surface area contributed by atoms with Crippen LogP contribution in [0.5, 0.6) is 0 Å². The van der Waals surface area contributed by atoms with Crippen molar-refractivity contribution < 1.29 is 0 Å². The molecule has 0 saturated heterocycles. The summed E-state index contributed by atoms with van der Waals surface area (Å²) in [4.78, 5) is 0. The van der Waals surface area contributed by atoms with Crippen LogP contribution < -0.4 is 10.4 Å². The SMILES string of the molecule is C/C=c1/ccc2c3c(ccc(C)c13)C=C(C)CC=2.CC.CC. The number of benzene rings is 2. The van der Waals surface area contributed by atoms with Gasteiger partial charge in [0.2, 0.25) is 0 Å². The van der Waals surface area contributed by atoms with Gasteiger partial charge in [-0.2, -0.15) is 0 Å². The molecular formula is C22H30. The molecule has 3 rings (SSSR count). The van der Waals surface area contributed by atoms with Gasteiger partial charge in [-0.05, 0) is 59.5 Å². The average Bonchev–Trinajstić information content (AvgIpc) is 2.74. The average molecular weight is 294 g/mol. The molecule has 0 aromatic heterocycles. The molecule has 1 aliphatic carbocycles. The first-order chi connectivity index (χ1) is 10.7. The summed E-state index contributed by atoms with van der Waals surface area (Å²) in [6.45, 7) is 14.5. The fourth-order valence-electron chi connectivity index (χ4n) is 2.88. The Balaban J connectivity index is 0.000000561. The van der Waals surface area contributed by atoms with E-state index in [0.717, 1.165) is 6.42 Å². The van der Waals surface area contributed by atoms with Gasteiger partial charge in [-0.25, -0.2) is 0 Å². The van der Waals surface area contributed by atoms with E-state index in [4.69, 9.17) is 0 Å². The molecule has 0 bridgehead atoms. The number of hydrogen-bond donors (Lipinski definition) is 0. The first kappa shape index (κ1) is 18.2. The zero-order chi connectivity index (χ0) is 16.7. The van der Waals surface area contributed by atoms with Gasteiger partial charge >= 0.3 is 0 Å². The minimum atomic E-state index is 1.05. The van der Waals surface area contributed by atoms with Gasteiger partial charge in [0.1, 0.15) is 0 Å². The number of allylic oxidation sites excluding steroid dienone is 1. The van der Waals surface area contributed by atoms with E-state index < -0.39 is 0 Å². The normalized spacial score (nSPS) is 13.0. The molecule has 0 heterocycles. The van der Waals surface area contributed by atoms with Crippen LogP contribution in [0.2, 0.25) is 0 Å². The Hall–Kier alpha value is -1.82. The van der Waals surface area contributed by atoms with Crippen LogP contribution in [0.15, 0.2) is 29.8 Å². The molecule has 0 nitrogen and oxygen atoms in total. The third-order valence-corrected chi connectivity index (χ3v) is 3.82. The van der Waals surface area contributed by atoms with Crippen molar-refractivity contribution in [2.75, 3.05) is 0 Å². The molecule has 0 N–H and O–H groups in total. The molecule has 2 aromatic rings. The molecule has 0 unspecified atom stereocenters. The van der Waals surface area contributed by atoms with Crippen molar-refractivity contribution in [3.05, 3.63) is 51.4 Å². The van der Waals surface area contributed by atoms with Crippen molar-refractivity contribution >= 4 is 29.0 Å². The second-order valence-corrected chi connectivity index (χ2v) is 5.15. The lowest BCUT2D eigenvalue weighted by molar-refractivity contribution is 1.29. The van der Waals surface area contributed by atoms with Crippen LogP contribution in [0.4, 0.5) is 0 Å². The quantitative estimate of drug-likeness (QED) is 0.594. The Labute approximate surface area is 135 Å². The van der Waals surface area contributed by atoms with E-state index in [1.807, 2.05) is 27.7 Å². The summed E-state index contributed by atoms with van der Waals surface area (Å²) in [5, 5.41) is 5.55. The molecule has 0 aliphatic heterocycles. The summed E-state index contributed by atoms with van der Waals surface area (Å²) in [5.74, 6) is 0. The van der Waals surface area contributed by atoms with E-state index in [-0.39, 0.29) is 0 Å². The molecule has 2 aromatic carbocycles. The van der Waals surface area contributed by atoms with Gasteiger partial charge in [-0.1, -0.05) is 75.8 Å². The number of rotatable bonds is 0. The molecule has 0 saturated carbocycles. The molecular weight excluding hydrogens is 264 g/mol. The molecule has 1 aliphatic rings. The summed E-state index contributed by atoms with van der Waals surface area (Å²) >= 11 is 0. The minimum Gasteiger partial charge on any atom is -0.0798 e. The Morgan fingerprint density at radius 3 is 2.18 bits per heavy atom. The molecule has 0 amide bonds. The standard InChI is InChI=1S/C18H18.2C2H6/c1-4-14-9-10-15-7-5-12(2)11-16-8-6-13(3)17(14)18(15)16;2*1-2/h4,6-11H,5H2,1-3H3;2*1-2H3/b14-4-;;. The van der Waals surface area contributed by atoms with Crippen LogP contribution in [0.1, 0.15) is 59.1 Å². The minimum absolute atomic E-state index is 1.05. The molecule has 0 heteroatoms. The lowest BCUT2D eigenvalue weighted by Crippen LogP contribution is -2.12. The van der Waals surface area contributed by atoms with Crippen LogP contribution >= 0.6 is 0 Å². The number of hydrogen-bond acceptors (Lipinski definition) is 0. The Bertz CT molecular complexity index is 774. The smallest absolute Gasteiger partial charge is 0.00334 e. The highest BCUT2D eigenvalue weighted by Gasteiger charge is 2.07. The molecule has 0 atom stereocenters. The van der Waals surface area contributed by atoms with Gasteiger partial charge in [0.25, 0.3) is 0 Å². The zero-order valence-electron chi connectivity index (χ0n) is 15.2. The summed E-state index contributed by atoms with van der Waals surface area (Å²) in [6, 6.07) is 8.99. The van der Waals surface area contributed by atoms with Crippen LogP contribution in [0, 0.1) is 6.92 Å². The lowest BCUT2D eigenvalue weighted by atomic mass is 9.96. The van der Waals surface area contributed by atoms with E-state index in [1.54, 1.807) is 0 Å². The highest BCUT2D eigenvalue weighted by atomic mass is 14.1. The van der Waals surface area contributed by atoms with Gasteiger partial charge in [0.05, 0.1) is 0 Å². The fourth-order valence-corrected chi connectivity index (χ4v) is 2.88. The molecule has 0 radical (unpaired) electrons. The maximum atomic E-state index is 2.35. The molecule has 118 valence electrons. The first-order valence-corrected chi connectivity index (χ1v) is 8.57. The molecule has 0 spiro atoms. The van der Waals surface area contributed by atoms with Gasteiger partial charge in [-0.15, -0.1) is 0 Å². The predicted molar refractivity (Wildman–Crippen MR) is 104 cm³/mol. The van der Waals surface area contributed by atoms with Crippen LogP contribution in [0.3, 0.4) is 0 Å². The maximum absolute atomic E-state index is 2.35. The van der Waals surface area contributed by atoms with E-state index in [0.29, 0.717) is 0 Å². The van der Waals surface area contributed by atoms with Crippen molar-refractivity contribution in [2.45, 2.75) is 54.9 Å². The van der Waals surface area contributed by atoms with Crippen molar-refractivity contribution in [1.82, 2.24) is 0 Å². The van der Waals surface area contributed by atoms with Crippen molar-refractivity contribution in [3.8, 4) is 0 Å². The van der Waals surface area contributed by atoms with Crippen molar-refractivity contribution in [1.29, 1.82) is 0 Å². The van der Waals surface area contributed by atoms with E-state index in [1.165, 1.54) is 37.9 Å². The largest absolute Gasteiger partial charge is 0.0798 e. The van der Waals surface area contributed by atoms with Gasteiger partial charge in [0.15, 0.2) is 0 Å². The maximum Gasteiger partial charge on any atom is -0.00334 e. The Morgan fingerprint density at radius 1 is 0.864 bits per heavy atom. The van der Waals surface area contributed by atoms with Crippen LogP contribution in [0.25, 0.3) is 29.0 Å². The second kappa shape index (κ2) is 8.58. The Morgan fingerprint density at radius 2 is 1.55 bits per heavy atom. The van der Waals surface area contributed by atoms with Crippen LogP contribution in [-0.4, -0.2) is 0 Å². The summed E-state index contributed by atoms with van der Waals surface area (Å²) in [6.07, 6.45) is 7.94. The van der Waals surface area contributed by atoms with Gasteiger partial charge in [0, 0.05) is 0 Å². The van der Waals surface area contributed by atoms with E-state index in [2.05, 4.69) is 63.3 Å². The first-order valence-electron chi connectivity index (χ1n) is 8.57. The van der Waals surface area contributed by atoms with Crippen molar-refractivity contribution in [3.63, 3.8) is 0 Å². The summed E-state index contributed by atoms with van der Waals surface area (Å²) in [7, 11) is 0. The van der Waals surface area contributed by atoms with Gasteiger partial charge < -0.3 is 0 Å². The van der Waals surface area contributed by atoms with Crippen LogP contribution in [-0.2, 0) is 0 Å². The van der Waals surface area contributed by atoms with Crippen molar-refractivity contribution in [2.24, 2.45) is 0 Å². The molecule has 22 heavy (non-hydrogen) atoms. The third kappa shape index (κ3) is 3.50. The predicted octanol–water partition coefficient (Wildman–Crippen LogP) is 5.59. The van der Waals surface area contributed by atoms with Gasteiger partial charge in [-0.3, -0.25) is 0 Å². The number of aryl methyl sites for hydroxylation is 1. The summed E-state index contributed by atoms with van der Waals surface area (Å²) < 4.78 is 0. The van der Waals surface area contributed by atoms with E-state index in [9.17, 15) is 0 Å². The topological polar surface area (TPSA) is 0 Å². The molecule has 0 fully saturated rings. The summed E-state index contributed by atoms with van der Waals surface area (Å²) in [5.41, 5.74) is 4.16.